The molecule has 0 aromatic carbocycles. The Balaban J connectivity index is 1.87. The first-order valence-corrected chi connectivity index (χ1v) is 8.27. The van der Waals surface area contributed by atoms with Gasteiger partial charge in [0.25, 0.3) is 0 Å². The molecule has 0 N–H and O–H groups in total. The van der Waals surface area contributed by atoms with Gasteiger partial charge in [-0.05, 0) is 46.1 Å². The van der Waals surface area contributed by atoms with E-state index in [1.165, 1.54) is 30.6 Å². The molecule has 1 aliphatic rings. The van der Waals surface area contributed by atoms with E-state index in [1.54, 1.807) is 0 Å². The van der Waals surface area contributed by atoms with Crippen molar-refractivity contribution in [3.63, 3.8) is 0 Å². The van der Waals surface area contributed by atoms with E-state index in [2.05, 4.69) is 22.9 Å². The van der Waals surface area contributed by atoms with Crippen LogP contribution in [0.15, 0.2) is 15.9 Å². The molecule has 1 saturated carbocycles. The molecule has 0 aliphatic heterocycles. The Labute approximate surface area is 121 Å². The second-order valence-electron chi connectivity index (χ2n) is 4.82. The number of hydrogen-bond donors (Lipinski definition) is 0. The largest absolute Gasteiger partial charge is 0.370 e. The predicted octanol–water partition coefficient (Wildman–Crippen LogP) is 4.68. The standard InChI is InChI=1S/C14H19BrO2S/c1-2-10-5-3-4-6-13(10)17-9-12(16)14-11(15)7-8-18-14/h7-8,10,13H,2-6,9H2,1H3. The summed E-state index contributed by atoms with van der Waals surface area (Å²) in [5.41, 5.74) is 0. The van der Waals surface area contributed by atoms with E-state index in [0.29, 0.717) is 5.92 Å². The highest BCUT2D eigenvalue weighted by Gasteiger charge is 2.25. The number of hydrogen-bond acceptors (Lipinski definition) is 3. The molecule has 1 aromatic rings. The lowest BCUT2D eigenvalue weighted by molar-refractivity contribution is -0.00559. The topological polar surface area (TPSA) is 26.3 Å². The summed E-state index contributed by atoms with van der Waals surface area (Å²) in [5, 5.41) is 1.92. The van der Waals surface area contributed by atoms with Crippen LogP contribution >= 0.6 is 27.3 Å². The van der Waals surface area contributed by atoms with Crippen molar-refractivity contribution in [3.8, 4) is 0 Å². The summed E-state index contributed by atoms with van der Waals surface area (Å²) in [7, 11) is 0. The van der Waals surface area contributed by atoms with Crippen molar-refractivity contribution >= 4 is 33.0 Å². The summed E-state index contributed by atoms with van der Waals surface area (Å²) < 4.78 is 6.75. The summed E-state index contributed by atoms with van der Waals surface area (Å²) in [6.07, 6.45) is 6.34. The van der Waals surface area contributed by atoms with Crippen LogP contribution in [-0.2, 0) is 4.74 Å². The van der Waals surface area contributed by atoms with Crippen LogP contribution in [-0.4, -0.2) is 18.5 Å². The van der Waals surface area contributed by atoms with Crippen molar-refractivity contribution in [2.75, 3.05) is 6.61 Å². The van der Waals surface area contributed by atoms with Crippen molar-refractivity contribution in [2.24, 2.45) is 5.92 Å². The number of Topliss-reactive ketones (excluding diaryl/α,β-unsaturated/α-hetero) is 1. The Kier molecular flexibility index (Phi) is 5.39. The van der Waals surface area contributed by atoms with E-state index in [-0.39, 0.29) is 18.5 Å². The van der Waals surface area contributed by atoms with Gasteiger partial charge < -0.3 is 4.74 Å². The van der Waals surface area contributed by atoms with Crippen LogP contribution in [0.1, 0.15) is 48.7 Å². The van der Waals surface area contributed by atoms with Crippen molar-refractivity contribution < 1.29 is 9.53 Å². The van der Waals surface area contributed by atoms with Gasteiger partial charge in [0.2, 0.25) is 0 Å². The molecule has 0 spiro atoms. The first-order chi connectivity index (χ1) is 8.72. The molecule has 1 fully saturated rings. The number of ether oxygens (including phenoxy) is 1. The average Bonchev–Trinajstić information content (AvgIpc) is 2.82. The molecule has 0 saturated heterocycles. The Morgan fingerprint density at radius 1 is 1.50 bits per heavy atom. The van der Waals surface area contributed by atoms with Crippen molar-refractivity contribution in [1.29, 1.82) is 0 Å². The Morgan fingerprint density at radius 2 is 2.28 bits per heavy atom. The highest BCUT2D eigenvalue weighted by molar-refractivity contribution is 9.10. The van der Waals surface area contributed by atoms with Crippen LogP contribution in [0.3, 0.4) is 0 Å². The molecule has 2 unspecified atom stereocenters. The smallest absolute Gasteiger partial charge is 0.199 e. The summed E-state index contributed by atoms with van der Waals surface area (Å²) >= 11 is 4.87. The maximum atomic E-state index is 12.0. The van der Waals surface area contributed by atoms with Gasteiger partial charge in [0.1, 0.15) is 6.61 Å². The molecule has 0 radical (unpaired) electrons. The number of halogens is 1. The molecule has 0 amide bonds. The van der Waals surface area contributed by atoms with Crippen LogP contribution in [0, 0.1) is 5.92 Å². The SMILES string of the molecule is CCC1CCCCC1OCC(=O)c1sccc1Br. The molecular weight excluding hydrogens is 312 g/mol. The van der Waals surface area contributed by atoms with E-state index in [1.807, 2.05) is 11.4 Å². The molecule has 1 heterocycles. The highest BCUT2D eigenvalue weighted by Crippen LogP contribution is 2.29. The fourth-order valence-corrected chi connectivity index (χ4v) is 4.12. The Hall–Kier alpha value is -0.190. The van der Waals surface area contributed by atoms with E-state index in [0.717, 1.165) is 22.2 Å². The third kappa shape index (κ3) is 3.43. The molecule has 2 rings (SSSR count). The van der Waals surface area contributed by atoms with Gasteiger partial charge in [-0.3, -0.25) is 4.79 Å². The molecular formula is C14H19BrO2S. The van der Waals surface area contributed by atoms with Crippen molar-refractivity contribution in [1.82, 2.24) is 0 Å². The van der Waals surface area contributed by atoms with Crippen LogP contribution < -0.4 is 0 Å². The second kappa shape index (κ2) is 6.83. The lowest BCUT2D eigenvalue weighted by Gasteiger charge is -2.30. The van der Waals surface area contributed by atoms with Crippen molar-refractivity contribution in [2.45, 2.75) is 45.1 Å². The third-order valence-electron chi connectivity index (χ3n) is 3.66. The minimum Gasteiger partial charge on any atom is -0.370 e. The average molecular weight is 331 g/mol. The maximum Gasteiger partial charge on any atom is 0.199 e. The molecule has 18 heavy (non-hydrogen) atoms. The van der Waals surface area contributed by atoms with Gasteiger partial charge >= 0.3 is 0 Å². The van der Waals surface area contributed by atoms with Crippen LogP contribution in [0.25, 0.3) is 0 Å². The lowest BCUT2D eigenvalue weighted by Crippen LogP contribution is -2.29. The van der Waals surface area contributed by atoms with E-state index >= 15 is 0 Å². The highest BCUT2D eigenvalue weighted by atomic mass is 79.9. The van der Waals surface area contributed by atoms with E-state index in [4.69, 9.17) is 4.74 Å². The zero-order valence-electron chi connectivity index (χ0n) is 10.7. The zero-order chi connectivity index (χ0) is 13.0. The number of thiophene rings is 1. The lowest BCUT2D eigenvalue weighted by atomic mass is 9.85. The molecule has 4 heteroatoms. The van der Waals surface area contributed by atoms with Gasteiger partial charge in [0, 0.05) is 4.47 Å². The number of ketones is 1. The van der Waals surface area contributed by atoms with Gasteiger partial charge in [-0.1, -0.05) is 26.2 Å². The Bertz CT molecular complexity index is 402. The molecule has 100 valence electrons. The zero-order valence-corrected chi connectivity index (χ0v) is 13.1. The molecule has 0 bridgehead atoms. The quantitative estimate of drug-likeness (QED) is 0.733. The normalized spacial score (nSPS) is 24.1. The van der Waals surface area contributed by atoms with E-state index in [9.17, 15) is 4.79 Å². The van der Waals surface area contributed by atoms with Gasteiger partial charge in [-0.2, -0.15) is 0 Å². The van der Waals surface area contributed by atoms with Gasteiger partial charge in [0.05, 0.1) is 11.0 Å². The second-order valence-corrected chi connectivity index (χ2v) is 6.59. The predicted molar refractivity (Wildman–Crippen MR) is 78.3 cm³/mol. The summed E-state index contributed by atoms with van der Waals surface area (Å²) in [6, 6.07) is 1.91. The summed E-state index contributed by atoms with van der Waals surface area (Å²) in [5.74, 6) is 0.732. The van der Waals surface area contributed by atoms with Crippen LogP contribution in [0.4, 0.5) is 0 Å². The summed E-state index contributed by atoms with van der Waals surface area (Å²) in [6.45, 7) is 2.43. The van der Waals surface area contributed by atoms with Crippen molar-refractivity contribution in [3.05, 3.63) is 20.8 Å². The van der Waals surface area contributed by atoms with Crippen LogP contribution in [0.5, 0.6) is 0 Å². The summed E-state index contributed by atoms with van der Waals surface area (Å²) in [4.78, 5) is 12.8. The van der Waals surface area contributed by atoms with Crippen LogP contribution in [0.2, 0.25) is 0 Å². The maximum absolute atomic E-state index is 12.0. The Morgan fingerprint density at radius 3 is 2.94 bits per heavy atom. The number of rotatable bonds is 5. The van der Waals surface area contributed by atoms with Gasteiger partial charge in [-0.25, -0.2) is 0 Å². The molecule has 1 aromatic heterocycles. The fraction of sp³-hybridized carbons (Fsp3) is 0.643. The van der Waals surface area contributed by atoms with Gasteiger partial charge in [0.15, 0.2) is 5.78 Å². The third-order valence-corrected chi connectivity index (χ3v) is 5.54. The first kappa shape index (κ1) is 14.2. The monoisotopic (exact) mass is 330 g/mol. The molecule has 2 atom stereocenters. The fourth-order valence-electron chi connectivity index (χ4n) is 2.60. The minimum atomic E-state index is 0.0947. The minimum absolute atomic E-state index is 0.0947. The number of carbonyl (C=O) groups is 1. The van der Waals surface area contributed by atoms with Gasteiger partial charge in [-0.15, -0.1) is 11.3 Å². The molecule has 1 aliphatic carbocycles. The number of carbonyl (C=O) groups excluding carboxylic acids is 1. The first-order valence-electron chi connectivity index (χ1n) is 6.60. The van der Waals surface area contributed by atoms with E-state index < -0.39 is 0 Å². The molecule has 2 nitrogen and oxygen atoms in total.